The molecule has 0 bridgehead atoms. The maximum absolute atomic E-state index is 12.4. The molecule has 1 aliphatic heterocycles. The molecule has 6 nitrogen and oxygen atoms in total. The zero-order valence-electron chi connectivity index (χ0n) is 12.0. The molecule has 1 aromatic rings. The van der Waals surface area contributed by atoms with Gasteiger partial charge in [0.05, 0.1) is 4.90 Å². The number of hydrogen-bond acceptors (Lipinski definition) is 4. The van der Waals surface area contributed by atoms with E-state index in [1.807, 2.05) is 6.92 Å². The van der Waals surface area contributed by atoms with Crippen molar-refractivity contribution in [2.24, 2.45) is 18.7 Å². The molecule has 3 N–H and O–H groups in total. The van der Waals surface area contributed by atoms with Crippen molar-refractivity contribution < 1.29 is 13.2 Å². The Balaban J connectivity index is 2.09. The van der Waals surface area contributed by atoms with Crippen LogP contribution in [0.2, 0.25) is 0 Å². The third-order valence-corrected chi connectivity index (χ3v) is 5.44. The second-order valence-electron chi connectivity index (χ2n) is 5.34. The lowest BCUT2D eigenvalue weighted by Crippen LogP contribution is -2.40. The molecule has 1 aliphatic rings. The fraction of sp³-hybridized carbons (Fsp3) is 0.692. The van der Waals surface area contributed by atoms with Crippen LogP contribution < -0.4 is 10.5 Å². The lowest BCUT2D eigenvalue weighted by molar-refractivity contribution is 0.0585. The molecule has 0 amide bonds. The molecular formula is C13H23N3O3S. The molecule has 1 fully saturated rings. The molecule has 1 unspecified atom stereocenters. The van der Waals surface area contributed by atoms with Gasteiger partial charge in [-0.15, -0.1) is 0 Å². The predicted molar refractivity (Wildman–Crippen MR) is 76.6 cm³/mol. The molecule has 1 aromatic heterocycles. The fourth-order valence-electron chi connectivity index (χ4n) is 2.55. The number of sulfonamides is 1. The van der Waals surface area contributed by atoms with Gasteiger partial charge in [-0.05, 0) is 31.7 Å². The highest BCUT2D eigenvalue weighted by Crippen LogP contribution is 2.21. The van der Waals surface area contributed by atoms with Gasteiger partial charge in [-0.3, -0.25) is 0 Å². The fourth-order valence-corrected chi connectivity index (χ4v) is 3.96. The molecule has 1 saturated heterocycles. The van der Waals surface area contributed by atoms with Crippen LogP contribution in [0.3, 0.4) is 0 Å². The summed E-state index contributed by atoms with van der Waals surface area (Å²) in [6.07, 6.45) is 3.39. The van der Waals surface area contributed by atoms with E-state index in [2.05, 4.69) is 4.72 Å². The van der Waals surface area contributed by atoms with Gasteiger partial charge in [0.15, 0.2) is 0 Å². The maximum Gasteiger partial charge on any atom is 0.242 e. The number of aryl methyl sites for hydroxylation is 1. The highest BCUT2D eigenvalue weighted by molar-refractivity contribution is 7.89. The van der Waals surface area contributed by atoms with Gasteiger partial charge in [-0.2, -0.15) is 0 Å². The average molecular weight is 301 g/mol. The zero-order valence-corrected chi connectivity index (χ0v) is 12.8. The van der Waals surface area contributed by atoms with Crippen LogP contribution in [0.1, 0.15) is 25.5 Å². The molecule has 0 saturated carbocycles. The van der Waals surface area contributed by atoms with Crippen molar-refractivity contribution in [2.75, 3.05) is 13.2 Å². The second-order valence-corrected chi connectivity index (χ2v) is 7.06. The first-order chi connectivity index (χ1) is 9.44. The third-order valence-electron chi connectivity index (χ3n) is 3.92. The second kappa shape index (κ2) is 6.26. The Labute approximate surface area is 120 Å². The van der Waals surface area contributed by atoms with E-state index in [0.29, 0.717) is 25.7 Å². The van der Waals surface area contributed by atoms with E-state index in [-0.39, 0.29) is 10.9 Å². The summed E-state index contributed by atoms with van der Waals surface area (Å²) in [5.74, 6) is 0.330. The minimum absolute atomic E-state index is 0.0922. The standard InChI is InChI=1S/C13H23N3O3S/c1-10(11-3-5-19-6-4-11)15-20(17,18)13-7-12(8-14)16(2)9-13/h7,9-11,15H,3-6,8,14H2,1-2H3. The summed E-state index contributed by atoms with van der Waals surface area (Å²) in [7, 11) is -1.69. The monoisotopic (exact) mass is 301 g/mol. The van der Waals surface area contributed by atoms with Crippen molar-refractivity contribution in [2.45, 2.75) is 37.2 Å². The molecule has 2 rings (SSSR count). The molecule has 0 aromatic carbocycles. The van der Waals surface area contributed by atoms with E-state index in [1.54, 1.807) is 23.9 Å². The summed E-state index contributed by atoms with van der Waals surface area (Å²) in [6, 6.07) is 1.53. The first-order valence-corrected chi connectivity index (χ1v) is 8.37. The summed E-state index contributed by atoms with van der Waals surface area (Å²) in [4.78, 5) is 0.277. The van der Waals surface area contributed by atoms with Crippen LogP contribution in [0.25, 0.3) is 0 Å². The van der Waals surface area contributed by atoms with Gasteiger partial charge in [0.25, 0.3) is 0 Å². The summed E-state index contributed by atoms with van der Waals surface area (Å²) in [5.41, 5.74) is 6.37. The zero-order chi connectivity index (χ0) is 14.8. The number of nitrogens with two attached hydrogens (primary N) is 1. The van der Waals surface area contributed by atoms with E-state index in [0.717, 1.165) is 18.5 Å². The molecule has 114 valence electrons. The van der Waals surface area contributed by atoms with E-state index in [9.17, 15) is 8.42 Å². The minimum atomic E-state index is -3.49. The highest BCUT2D eigenvalue weighted by atomic mass is 32.2. The first kappa shape index (κ1) is 15.5. The molecule has 1 atom stereocenters. The lowest BCUT2D eigenvalue weighted by atomic mass is 9.94. The Morgan fingerprint density at radius 2 is 2.15 bits per heavy atom. The Morgan fingerprint density at radius 3 is 2.70 bits per heavy atom. The van der Waals surface area contributed by atoms with Crippen LogP contribution in [0.15, 0.2) is 17.2 Å². The summed E-state index contributed by atoms with van der Waals surface area (Å²) in [5, 5.41) is 0. The van der Waals surface area contributed by atoms with Gasteiger partial charge in [0.2, 0.25) is 10.0 Å². The molecule has 2 heterocycles. The van der Waals surface area contributed by atoms with Crippen LogP contribution in [0, 0.1) is 5.92 Å². The molecular weight excluding hydrogens is 278 g/mol. The summed E-state index contributed by atoms with van der Waals surface area (Å²) in [6.45, 7) is 3.65. The highest BCUT2D eigenvalue weighted by Gasteiger charge is 2.26. The SMILES string of the molecule is CC(NS(=O)(=O)c1cc(CN)n(C)c1)C1CCOCC1. The topological polar surface area (TPSA) is 86.4 Å². The Hall–Kier alpha value is -0.890. The number of nitrogens with zero attached hydrogens (tertiary/aromatic N) is 1. The van der Waals surface area contributed by atoms with Gasteiger partial charge >= 0.3 is 0 Å². The Kier molecular flexibility index (Phi) is 4.85. The maximum atomic E-state index is 12.4. The van der Waals surface area contributed by atoms with Gasteiger partial charge in [-0.25, -0.2) is 13.1 Å². The van der Waals surface area contributed by atoms with Crippen molar-refractivity contribution in [1.29, 1.82) is 0 Å². The van der Waals surface area contributed by atoms with Gasteiger partial charge < -0.3 is 15.0 Å². The lowest BCUT2D eigenvalue weighted by Gasteiger charge is -2.28. The van der Waals surface area contributed by atoms with Crippen LogP contribution in [0.5, 0.6) is 0 Å². The molecule has 0 radical (unpaired) electrons. The minimum Gasteiger partial charge on any atom is -0.381 e. The van der Waals surface area contributed by atoms with Crippen molar-refractivity contribution in [1.82, 2.24) is 9.29 Å². The third kappa shape index (κ3) is 3.41. The number of hydrogen-bond donors (Lipinski definition) is 2. The van der Waals surface area contributed by atoms with E-state index < -0.39 is 10.0 Å². The van der Waals surface area contributed by atoms with Crippen LogP contribution in [-0.4, -0.2) is 32.2 Å². The van der Waals surface area contributed by atoms with Gasteiger partial charge in [-0.1, -0.05) is 0 Å². The number of nitrogens with one attached hydrogen (secondary N) is 1. The molecule has 20 heavy (non-hydrogen) atoms. The molecule has 0 aliphatic carbocycles. The van der Waals surface area contributed by atoms with Crippen LogP contribution >= 0.6 is 0 Å². The van der Waals surface area contributed by atoms with Crippen LogP contribution in [0.4, 0.5) is 0 Å². The van der Waals surface area contributed by atoms with Crippen molar-refractivity contribution >= 4 is 10.0 Å². The smallest absolute Gasteiger partial charge is 0.242 e. The predicted octanol–water partition coefficient (Wildman–Crippen LogP) is 0.577. The van der Waals surface area contributed by atoms with Crippen molar-refractivity contribution in [3.63, 3.8) is 0 Å². The van der Waals surface area contributed by atoms with Gasteiger partial charge in [0.1, 0.15) is 0 Å². The Morgan fingerprint density at radius 1 is 1.50 bits per heavy atom. The summed E-state index contributed by atoms with van der Waals surface area (Å²) >= 11 is 0. The van der Waals surface area contributed by atoms with E-state index in [4.69, 9.17) is 10.5 Å². The first-order valence-electron chi connectivity index (χ1n) is 6.89. The molecule has 7 heteroatoms. The van der Waals surface area contributed by atoms with Crippen molar-refractivity contribution in [3.8, 4) is 0 Å². The molecule has 0 spiro atoms. The number of aromatic nitrogens is 1. The average Bonchev–Trinajstić information content (AvgIpc) is 2.81. The number of ether oxygens (including phenoxy) is 1. The van der Waals surface area contributed by atoms with Crippen molar-refractivity contribution in [3.05, 3.63) is 18.0 Å². The largest absolute Gasteiger partial charge is 0.381 e. The Bertz CT molecular complexity index is 547. The number of rotatable bonds is 5. The van der Waals surface area contributed by atoms with Crippen LogP contribution in [-0.2, 0) is 28.4 Å². The summed E-state index contributed by atoms with van der Waals surface area (Å²) < 4.78 is 34.6. The van der Waals surface area contributed by atoms with Gasteiger partial charge in [0, 0.05) is 44.7 Å². The van der Waals surface area contributed by atoms with E-state index in [1.165, 1.54) is 0 Å². The quantitative estimate of drug-likeness (QED) is 0.833. The van der Waals surface area contributed by atoms with E-state index >= 15 is 0 Å². The normalized spacial score (nSPS) is 19.1.